The summed E-state index contributed by atoms with van der Waals surface area (Å²) in [7, 11) is 1.54. The van der Waals surface area contributed by atoms with Gasteiger partial charge in [0.15, 0.2) is 17.4 Å². The lowest BCUT2D eigenvalue weighted by molar-refractivity contribution is -0.138. The molecule has 3 rings (SSSR count). The Balaban J connectivity index is 0.00000363. The van der Waals surface area contributed by atoms with Crippen LogP contribution in [0, 0.1) is 0 Å². The Morgan fingerprint density at radius 2 is 1.78 bits per heavy atom. The average molecular weight is 562 g/mol. The molecule has 0 amide bonds. The largest absolute Gasteiger partial charge is 0.488 e. The van der Waals surface area contributed by atoms with Crippen molar-refractivity contribution in [3.05, 3.63) is 59.5 Å². The van der Waals surface area contributed by atoms with Crippen molar-refractivity contribution in [1.29, 1.82) is 0 Å². The summed E-state index contributed by atoms with van der Waals surface area (Å²) in [5, 5.41) is 14.1. The first kappa shape index (κ1) is 25.7. The average Bonchev–Trinajstić information content (AvgIpc) is 3.10. The van der Waals surface area contributed by atoms with Crippen LogP contribution < -0.4 is 15.4 Å². The van der Waals surface area contributed by atoms with Crippen LogP contribution in [0.3, 0.4) is 0 Å². The summed E-state index contributed by atoms with van der Waals surface area (Å²) >= 11 is 0. The van der Waals surface area contributed by atoms with Crippen LogP contribution in [0.5, 0.6) is 5.75 Å². The first-order valence-corrected chi connectivity index (χ1v) is 9.69. The van der Waals surface area contributed by atoms with E-state index in [-0.39, 0.29) is 41.8 Å². The molecule has 0 saturated carbocycles. The number of alkyl halides is 3. The molecule has 7 nitrogen and oxygen atoms in total. The monoisotopic (exact) mass is 562 g/mol. The number of benzene rings is 1. The van der Waals surface area contributed by atoms with Crippen LogP contribution in [0.4, 0.5) is 13.2 Å². The summed E-state index contributed by atoms with van der Waals surface area (Å²) in [6.45, 7) is 5.58. The normalized spacial score (nSPS) is 12.4. The van der Waals surface area contributed by atoms with Gasteiger partial charge in [0.25, 0.3) is 0 Å². The van der Waals surface area contributed by atoms with Crippen LogP contribution in [-0.2, 0) is 19.3 Å². The third-order valence-electron chi connectivity index (χ3n) is 4.28. The number of rotatable bonds is 5. The molecule has 0 aliphatic heterocycles. The molecule has 2 N–H and O–H groups in total. The number of aromatic nitrogens is 3. The molecular formula is C21H26F3IN6O. The minimum absolute atomic E-state index is 0. The number of halogens is 4. The number of fused-ring (bicyclic) bond motifs is 1. The van der Waals surface area contributed by atoms with Gasteiger partial charge in [-0.2, -0.15) is 13.2 Å². The van der Waals surface area contributed by atoms with E-state index in [2.05, 4.69) is 25.8 Å². The van der Waals surface area contributed by atoms with E-state index in [1.54, 1.807) is 27.8 Å². The molecule has 174 valence electrons. The van der Waals surface area contributed by atoms with Gasteiger partial charge in [-0.15, -0.1) is 34.2 Å². The molecule has 0 saturated heterocycles. The van der Waals surface area contributed by atoms with Crippen molar-refractivity contribution in [3.8, 4) is 5.75 Å². The Kier molecular flexibility index (Phi) is 8.32. The summed E-state index contributed by atoms with van der Waals surface area (Å²) in [5.41, 5.74) is -0.555. The van der Waals surface area contributed by atoms with Gasteiger partial charge in [0.05, 0.1) is 12.1 Å². The van der Waals surface area contributed by atoms with Gasteiger partial charge < -0.3 is 15.4 Å². The lowest BCUT2D eigenvalue weighted by Crippen LogP contribution is -2.37. The van der Waals surface area contributed by atoms with Crippen molar-refractivity contribution in [2.24, 2.45) is 4.99 Å². The van der Waals surface area contributed by atoms with E-state index < -0.39 is 17.3 Å². The summed E-state index contributed by atoms with van der Waals surface area (Å²) in [6.07, 6.45) is -2.68. The Labute approximate surface area is 201 Å². The number of pyridine rings is 1. The zero-order chi connectivity index (χ0) is 22.6. The maximum atomic E-state index is 13.6. The molecule has 0 bridgehead atoms. The number of aliphatic imine (C=N–C) groups is 1. The molecule has 1 aromatic carbocycles. The second-order valence-electron chi connectivity index (χ2n) is 7.86. The summed E-state index contributed by atoms with van der Waals surface area (Å²) in [6, 6.07) is 9.53. The standard InChI is InChI=1S/C21H25F3N6O.HI/c1-20(2,3)31-15-9-8-14(16(11-15)21(22,23)24)12-26-19(25-4)27-13-18-29-28-17-7-5-6-10-30(17)18;/h5-11H,12-13H2,1-4H3,(H2,25,26,27);1H. The van der Waals surface area contributed by atoms with Gasteiger partial charge in [-0.1, -0.05) is 12.1 Å². The second-order valence-corrected chi connectivity index (χ2v) is 7.86. The molecule has 0 unspecified atom stereocenters. The third-order valence-corrected chi connectivity index (χ3v) is 4.28. The minimum Gasteiger partial charge on any atom is -0.488 e. The number of hydrogen-bond acceptors (Lipinski definition) is 4. The summed E-state index contributed by atoms with van der Waals surface area (Å²) in [4.78, 5) is 4.07. The van der Waals surface area contributed by atoms with Crippen molar-refractivity contribution in [3.63, 3.8) is 0 Å². The molecule has 0 spiro atoms. The molecule has 0 fully saturated rings. The second kappa shape index (κ2) is 10.4. The molecule has 3 aromatic rings. The van der Waals surface area contributed by atoms with E-state index in [4.69, 9.17) is 4.74 Å². The molecule has 2 heterocycles. The van der Waals surface area contributed by atoms with Gasteiger partial charge in [-0.3, -0.25) is 9.39 Å². The van der Waals surface area contributed by atoms with E-state index >= 15 is 0 Å². The first-order chi connectivity index (χ1) is 14.6. The molecule has 11 heteroatoms. The third kappa shape index (κ3) is 6.71. The molecule has 2 aromatic heterocycles. The number of hydrogen-bond donors (Lipinski definition) is 2. The van der Waals surface area contributed by atoms with Crippen LogP contribution in [0.2, 0.25) is 0 Å². The maximum absolute atomic E-state index is 13.6. The summed E-state index contributed by atoms with van der Waals surface area (Å²) in [5.74, 6) is 1.17. The fraction of sp³-hybridized carbons (Fsp3) is 0.381. The lowest BCUT2D eigenvalue weighted by atomic mass is 10.1. The van der Waals surface area contributed by atoms with Crippen LogP contribution in [0.25, 0.3) is 5.65 Å². The van der Waals surface area contributed by atoms with Gasteiger partial charge in [0.2, 0.25) is 0 Å². The highest BCUT2D eigenvalue weighted by molar-refractivity contribution is 14.0. The smallest absolute Gasteiger partial charge is 0.416 e. The highest BCUT2D eigenvalue weighted by atomic mass is 127. The van der Waals surface area contributed by atoms with Crippen LogP contribution in [-0.4, -0.2) is 33.2 Å². The van der Waals surface area contributed by atoms with Gasteiger partial charge in [0.1, 0.15) is 11.4 Å². The van der Waals surface area contributed by atoms with Crippen LogP contribution in [0.15, 0.2) is 47.6 Å². The minimum atomic E-state index is -4.51. The van der Waals surface area contributed by atoms with Crippen molar-refractivity contribution < 1.29 is 17.9 Å². The fourth-order valence-corrected chi connectivity index (χ4v) is 2.96. The van der Waals surface area contributed by atoms with E-state index in [0.717, 1.165) is 6.07 Å². The van der Waals surface area contributed by atoms with E-state index in [1.165, 1.54) is 12.1 Å². The number of nitrogens with zero attached hydrogens (tertiary/aromatic N) is 4. The highest BCUT2D eigenvalue weighted by Gasteiger charge is 2.34. The van der Waals surface area contributed by atoms with Gasteiger partial charge in [-0.25, -0.2) is 0 Å². The number of nitrogens with one attached hydrogen (secondary N) is 2. The Morgan fingerprint density at radius 1 is 1.06 bits per heavy atom. The zero-order valence-electron chi connectivity index (χ0n) is 18.2. The van der Waals surface area contributed by atoms with Crippen molar-refractivity contribution in [2.45, 2.75) is 45.6 Å². The van der Waals surface area contributed by atoms with Gasteiger partial charge in [-0.05, 0) is 50.6 Å². The van der Waals surface area contributed by atoms with Crippen LogP contribution in [0.1, 0.15) is 37.7 Å². The van der Waals surface area contributed by atoms with E-state index in [1.807, 2.05) is 28.8 Å². The molecule has 0 aliphatic carbocycles. The fourth-order valence-electron chi connectivity index (χ4n) is 2.96. The highest BCUT2D eigenvalue weighted by Crippen LogP contribution is 2.35. The topological polar surface area (TPSA) is 75.8 Å². The van der Waals surface area contributed by atoms with Gasteiger partial charge >= 0.3 is 6.18 Å². The number of guanidine groups is 1. The molecule has 0 aliphatic rings. The SMILES string of the molecule is CN=C(NCc1ccc(OC(C)(C)C)cc1C(F)(F)F)NCc1nnc2ccccn12.I. The Morgan fingerprint density at radius 3 is 2.44 bits per heavy atom. The molecule has 32 heavy (non-hydrogen) atoms. The summed E-state index contributed by atoms with van der Waals surface area (Å²) < 4.78 is 48.2. The predicted octanol–water partition coefficient (Wildman–Crippen LogP) is 4.41. The quantitative estimate of drug-likeness (QED) is 0.274. The van der Waals surface area contributed by atoms with Crippen molar-refractivity contribution in [2.75, 3.05) is 7.05 Å². The lowest BCUT2D eigenvalue weighted by Gasteiger charge is -2.23. The van der Waals surface area contributed by atoms with E-state index in [9.17, 15) is 13.2 Å². The first-order valence-electron chi connectivity index (χ1n) is 9.69. The molecular weight excluding hydrogens is 536 g/mol. The number of ether oxygens (including phenoxy) is 1. The molecule has 0 atom stereocenters. The Hall–Kier alpha value is -2.57. The van der Waals surface area contributed by atoms with Crippen molar-refractivity contribution >= 4 is 35.6 Å². The predicted molar refractivity (Wildman–Crippen MR) is 127 cm³/mol. The Bertz CT molecular complexity index is 1080. The molecule has 0 radical (unpaired) electrons. The maximum Gasteiger partial charge on any atom is 0.416 e. The van der Waals surface area contributed by atoms with E-state index in [0.29, 0.717) is 24.0 Å². The van der Waals surface area contributed by atoms with Crippen LogP contribution >= 0.6 is 24.0 Å². The van der Waals surface area contributed by atoms with Crippen molar-refractivity contribution in [1.82, 2.24) is 25.2 Å². The zero-order valence-corrected chi connectivity index (χ0v) is 20.5. The van der Waals surface area contributed by atoms with Gasteiger partial charge in [0, 0.05) is 19.8 Å².